The van der Waals surface area contributed by atoms with Crippen molar-refractivity contribution in [2.24, 2.45) is 0 Å². The number of hydrogen-bond acceptors (Lipinski definition) is 6. The number of pyridine rings is 2. The van der Waals surface area contributed by atoms with Gasteiger partial charge in [0.15, 0.2) is 23.0 Å². The summed E-state index contributed by atoms with van der Waals surface area (Å²) in [6, 6.07) is 20.2. The van der Waals surface area contributed by atoms with E-state index in [1.807, 2.05) is 73.1 Å². The molecule has 0 saturated heterocycles. The van der Waals surface area contributed by atoms with E-state index in [4.69, 9.17) is 28.9 Å². The van der Waals surface area contributed by atoms with Crippen molar-refractivity contribution in [1.29, 1.82) is 0 Å². The highest BCUT2D eigenvalue weighted by molar-refractivity contribution is 5.57. The lowest BCUT2D eigenvalue weighted by molar-refractivity contribution is 0.258. The Morgan fingerprint density at radius 3 is 0.763 bits per heavy atom. The van der Waals surface area contributed by atoms with Crippen LogP contribution < -0.4 is 18.9 Å². The molecule has 0 amide bonds. The molecule has 0 spiro atoms. The van der Waals surface area contributed by atoms with E-state index in [1.165, 1.54) is 205 Å². The number of ether oxygens (including phenoxy) is 4. The molecule has 2 aromatic heterocycles. The predicted molar refractivity (Wildman–Crippen MR) is 323 cm³/mol. The lowest BCUT2D eigenvalue weighted by atomic mass is 10.1. The first-order valence-corrected chi connectivity index (χ1v) is 31.4. The second kappa shape index (κ2) is 44.1. The zero-order chi connectivity index (χ0) is 53.6. The summed E-state index contributed by atoms with van der Waals surface area (Å²) in [4.78, 5) is 9.48. The topological polar surface area (TPSA) is 62.7 Å². The lowest BCUT2D eigenvalue weighted by Gasteiger charge is -2.13. The summed E-state index contributed by atoms with van der Waals surface area (Å²) in [5, 5.41) is 0. The first kappa shape index (κ1) is 63.6. The average Bonchev–Trinajstić information content (AvgIpc) is 3.45. The Kier molecular flexibility index (Phi) is 36.9. The maximum absolute atomic E-state index is 6.39. The van der Waals surface area contributed by atoms with Crippen LogP contribution in [-0.4, -0.2) is 36.4 Å². The average molecular weight is 1040 g/mol. The van der Waals surface area contributed by atoms with Gasteiger partial charge in [0.05, 0.1) is 37.8 Å². The quantitative estimate of drug-likeness (QED) is 0.0325. The molecule has 2 aromatic carbocycles. The van der Waals surface area contributed by atoms with Gasteiger partial charge in [0.1, 0.15) is 0 Å². The number of unbranched alkanes of at least 4 members (excludes halogenated alkanes) is 32. The normalized spacial score (nSPS) is 10.9. The second-order valence-electron chi connectivity index (χ2n) is 21.4. The number of benzene rings is 2. The molecule has 418 valence electrons. The highest BCUT2D eigenvalue weighted by atomic mass is 16.5. The molecule has 0 fully saturated rings. The van der Waals surface area contributed by atoms with Crippen LogP contribution in [0.5, 0.6) is 23.0 Å². The molecule has 4 rings (SSSR count). The molecule has 0 aliphatic heterocycles. The van der Waals surface area contributed by atoms with E-state index in [0.29, 0.717) is 26.4 Å². The Morgan fingerprint density at radius 1 is 0.263 bits per heavy atom. The minimum absolute atomic E-state index is 0.688. The van der Waals surface area contributed by atoms with Crippen LogP contribution in [-0.2, 0) is 0 Å². The fraction of sp³-hybridized carbons (Fsp3) is 0.629. The number of rotatable bonds is 45. The SMILES string of the molecule is CCCCCCCCCCCOc1ccc(C#Cc2ccc(-c3ccc(C#Cc4ccc(OCCCCCCCCCCC)c(OCCCCCCCCCCC)c4)cn3)nc2)cc1OCCCCCCCCCCC. The standard InChI is InChI=1S/C70H104N2O4/c1-5-9-13-17-21-25-29-33-37-53-73-67-51-47-61(57-69(67)75-55-39-35-31-27-23-19-15-11-7-3)41-43-63-45-49-65(71-59-63)66-50-46-64(60-72-66)44-42-62-48-52-68(74-54-38-34-30-26-22-18-14-10-6-2)70(58-62)76-56-40-36-32-28-24-20-16-12-8-4/h45-52,57-60H,5-40,53-56H2,1-4H3. The van der Waals surface area contributed by atoms with Crippen LogP contribution in [0.25, 0.3) is 11.4 Å². The molecule has 0 aliphatic rings. The third kappa shape index (κ3) is 30.1. The van der Waals surface area contributed by atoms with Crippen molar-refractivity contribution in [3.8, 4) is 58.1 Å². The van der Waals surface area contributed by atoms with Gasteiger partial charge in [-0.3, -0.25) is 9.97 Å². The second-order valence-corrected chi connectivity index (χ2v) is 21.4. The summed E-state index contributed by atoms with van der Waals surface area (Å²) in [6.45, 7) is 11.9. The predicted octanol–water partition coefficient (Wildman–Crippen LogP) is 20.6. The van der Waals surface area contributed by atoms with Crippen LogP contribution in [0.2, 0.25) is 0 Å². The van der Waals surface area contributed by atoms with Crippen molar-refractivity contribution in [3.63, 3.8) is 0 Å². The van der Waals surface area contributed by atoms with Gasteiger partial charge in [-0.05, 0) is 86.3 Å². The molecule has 6 nitrogen and oxygen atoms in total. The van der Waals surface area contributed by atoms with Gasteiger partial charge in [-0.25, -0.2) is 0 Å². The van der Waals surface area contributed by atoms with Crippen LogP contribution >= 0.6 is 0 Å². The Bertz CT molecular complexity index is 2010. The van der Waals surface area contributed by atoms with Gasteiger partial charge in [0.25, 0.3) is 0 Å². The van der Waals surface area contributed by atoms with Gasteiger partial charge in [-0.15, -0.1) is 0 Å². The van der Waals surface area contributed by atoms with Crippen molar-refractivity contribution in [2.45, 2.75) is 259 Å². The minimum Gasteiger partial charge on any atom is -0.490 e. The summed E-state index contributed by atoms with van der Waals surface area (Å²) < 4.78 is 25.4. The molecule has 0 aliphatic carbocycles. The zero-order valence-electron chi connectivity index (χ0n) is 48.7. The smallest absolute Gasteiger partial charge is 0.162 e. The van der Waals surface area contributed by atoms with E-state index < -0.39 is 0 Å². The van der Waals surface area contributed by atoms with Gasteiger partial charge >= 0.3 is 0 Å². The highest BCUT2D eigenvalue weighted by Gasteiger charge is 2.10. The van der Waals surface area contributed by atoms with E-state index in [0.717, 1.165) is 82.3 Å². The first-order valence-electron chi connectivity index (χ1n) is 31.4. The molecular weight excluding hydrogens is 933 g/mol. The lowest BCUT2D eigenvalue weighted by Crippen LogP contribution is -2.03. The summed E-state index contributed by atoms with van der Waals surface area (Å²) in [7, 11) is 0. The maximum atomic E-state index is 6.39. The molecule has 6 heteroatoms. The molecule has 76 heavy (non-hydrogen) atoms. The fourth-order valence-electron chi connectivity index (χ4n) is 9.54. The Balaban J connectivity index is 1.31. The molecule has 0 unspecified atom stereocenters. The highest BCUT2D eigenvalue weighted by Crippen LogP contribution is 2.31. The maximum Gasteiger partial charge on any atom is 0.162 e. The summed E-state index contributed by atoms with van der Waals surface area (Å²) in [5.74, 6) is 16.6. The van der Waals surface area contributed by atoms with E-state index in [9.17, 15) is 0 Å². The van der Waals surface area contributed by atoms with Gasteiger partial charge in [0, 0.05) is 34.6 Å². The van der Waals surface area contributed by atoms with Crippen LogP contribution in [0.3, 0.4) is 0 Å². The Labute approximate surface area is 465 Å². The van der Waals surface area contributed by atoms with Gasteiger partial charge in [0.2, 0.25) is 0 Å². The first-order chi connectivity index (χ1) is 37.6. The van der Waals surface area contributed by atoms with E-state index in [-0.39, 0.29) is 0 Å². The van der Waals surface area contributed by atoms with E-state index >= 15 is 0 Å². The van der Waals surface area contributed by atoms with Crippen molar-refractivity contribution < 1.29 is 18.9 Å². The summed E-state index contributed by atoms with van der Waals surface area (Å²) >= 11 is 0. The fourth-order valence-corrected chi connectivity index (χ4v) is 9.54. The van der Waals surface area contributed by atoms with Gasteiger partial charge in [-0.2, -0.15) is 0 Å². The number of aromatic nitrogens is 2. The van der Waals surface area contributed by atoms with Gasteiger partial charge < -0.3 is 18.9 Å². The Morgan fingerprint density at radius 2 is 0.500 bits per heavy atom. The van der Waals surface area contributed by atoms with Crippen LogP contribution in [0.4, 0.5) is 0 Å². The molecule has 0 N–H and O–H groups in total. The van der Waals surface area contributed by atoms with Crippen molar-refractivity contribution in [3.05, 3.63) is 95.3 Å². The molecule has 0 saturated carbocycles. The van der Waals surface area contributed by atoms with Gasteiger partial charge in [-0.1, -0.05) is 257 Å². The Hall–Kier alpha value is -4.94. The molecule has 0 atom stereocenters. The largest absolute Gasteiger partial charge is 0.490 e. The van der Waals surface area contributed by atoms with Crippen LogP contribution in [0.15, 0.2) is 73.1 Å². The third-order valence-electron chi connectivity index (χ3n) is 14.4. The summed E-state index contributed by atoms with van der Waals surface area (Å²) in [6.07, 6.45) is 50.1. The molecule has 4 aromatic rings. The molecular formula is C70H104N2O4. The van der Waals surface area contributed by atoms with E-state index in [1.54, 1.807) is 0 Å². The summed E-state index contributed by atoms with van der Waals surface area (Å²) in [5.41, 5.74) is 5.05. The number of hydrogen-bond donors (Lipinski definition) is 0. The van der Waals surface area contributed by atoms with Crippen molar-refractivity contribution >= 4 is 0 Å². The van der Waals surface area contributed by atoms with Crippen molar-refractivity contribution in [1.82, 2.24) is 9.97 Å². The van der Waals surface area contributed by atoms with Crippen LogP contribution in [0.1, 0.15) is 281 Å². The zero-order valence-corrected chi connectivity index (χ0v) is 48.7. The number of nitrogens with zero attached hydrogens (tertiary/aromatic N) is 2. The van der Waals surface area contributed by atoms with E-state index in [2.05, 4.69) is 51.4 Å². The molecule has 0 radical (unpaired) electrons. The molecule has 0 bridgehead atoms. The minimum atomic E-state index is 0.688. The molecule has 2 heterocycles. The van der Waals surface area contributed by atoms with Crippen LogP contribution in [0, 0.1) is 23.7 Å². The van der Waals surface area contributed by atoms with Crippen molar-refractivity contribution in [2.75, 3.05) is 26.4 Å². The third-order valence-corrected chi connectivity index (χ3v) is 14.4. The monoisotopic (exact) mass is 1040 g/mol.